The van der Waals surface area contributed by atoms with Gasteiger partial charge in [-0.15, -0.1) is 0 Å². The summed E-state index contributed by atoms with van der Waals surface area (Å²) in [5.74, 6) is 2.03. The van der Waals surface area contributed by atoms with E-state index in [9.17, 15) is 14.4 Å². The van der Waals surface area contributed by atoms with Crippen molar-refractivity contribution in [3.8, 4) is 0 Å². The fourth-order valence-electron chi connectivity index (χ4n) is 7.67. The molecule has 0 aliphatic carbocycles. The quantitative estimate of drug-likeness (QED) is 0.0980. The second-order valence-corrected chi connectivity index (χ2v) is 15.8. The molecule has 3 aliphatic rings. The van der Waals surface area contributed by atoms with Crippen LogP contribution >= 0.6 is 11.8 Å². The van der Waals surface area contributed by atoms with E-state index < -0.39 is 0 Å². The van der Waals surface area contributed by atoms with Gasteiger partial charge in [-0.25, -0.2) is 4.57 Å². The highest BCUT2D eigenvalue weighted by molar-refractivity contribution is 8.00. The zero-order valence-electron chi connectivity index (χ0n) is 32.2. The van der Waals surface area contributed by atoms with Crippen molar-refractivity contribution >= 4 is 52.0 Å². The third-order valence-electron chi connectivity index (χ3n) is 10.5. The van der Waals surface area contributed by atoms with E-state index in [1.54, 1.807) is 0 Å². The number of hydrogen-bond acceptors (Lipinski definition) is 9. The molecule has 12 heteroatoms. The minimum atomic E-state index is -0.0535. The van der Waals surface area contributed by atoms with Gasteiger partial charge >= 0.3 is 0 Å². The first kappa shape index (κ1) is 40.8. The van der Waals surface area contributed by atoms with Gasteiger partial charge in [-0.1, -0.05) is 36.8 Å². The van der Waals surface area contributed by atoms with Gasteiger partial charge in [-0.05, 0) is 60.3 Å². The Morgan fingerprint density at radius 2 is 1.60 bits per heavy atom. The summed E-state index contributed by atoms with van der Waals surface area (Å²) in [6, 6.07) is 19.1. The minimum Gasteiger partial charge on any atom is -0.379 e. The van der Waals surface area contributed by atoms with Crippen LogP contribution in [0.15, 0.2) is 66.5 Å². The third kappa shape index (κ3) is 12.1. The molecular weight excluding hydrogens is 717 g/mol. The average molecular weight is 774 g/mol. The molecule has 11 nitrogen and oxygen atoms in total. The summed E-state index contributed by atoms with van der Waals surface area (Å²) in [5.41, 5.74) is 5.67. The molecule has 3 unspecified atom stereocenters. The number of Topliss-reactive ketones (excluding diaryl/α,β-unsaturated/α-hetero) is 1. The molecule has 3 aromatic rings. The Kier molecular flexibility index (Phi) is 16.0. The van der Waals surface area contributed by atoms with Gasteiger partial charge in [-0.3, -0.25) is 14.4 Å². The Labute approximate surface area is 329 Å². The number of rotatable bonds is 24. The molecule has 0 spiro atoms. The van der Waals surface area contributed by atoms with E-state index in [1.807, 2.05) is 23.9 Å². The van der Waals surface area contributed by atoms with Crippen molar-refractivity contribution in [3.63, 3.8) is 0 Å². The number of allylic oxidation sites excluding steroid dienone is 1. The number of para-hydroxylation sites is 2. The lowest BCUT2D eigenvalue weighted by Crippen LogP contribution is -2.37. The molecule has 0 radical (unpaired) electrons. The largest absolute Gasteiger partial charge is 0.379 e. The molecule has 3 atom stereocenters. The molecule has 6 rings (SSSR count). The molecule has 0 bridgehead atoms. The van der Waals surface area contributed by atoms with Crippen molar-refractivity contribution in [1.82, 2.24) is 10.6 Å². The van der Waals surface area contributed by atoms with Gasteiger partial charge in [-0.2, -0.15) is 11.8 Å². The molecule has 2 aromatic carbocycles. The number of amides is 2. The number of fused-ring (bicyclic) bond motifs is 3. The lowest BCUT2D eigenvalue weighted by Gasteiger charge is -2.21. The maximum Gasteiger partial charge on any atom is 0.240 e. The Balaban J connectivity index is 0.742. The highest BCUT2D eigenvalue weighted by atomic mass is 32.2. The number of ketones is 1. The number of aryl methyl sites for hydroxylation is 1. The number of thioether (sulfide) groups is 1. The summed E-state index contributed by atoms with van der Waals surface area (Å²) in [5, 5.41) is 7.82. The molecule has 2 fully saturated rings. The molecule has 2 N–H and O–H groups in total. The van der Waals surface area contributed by atoms with Gasteiger partial charge in [0.1, 0.15) is 19.4 Å². The SMILES string of the molecule is C[n+]1ccc(C=C2Cc3ccccc3N2CC(=O)NCCOCCOCCOCCOCCCC(=O)CCCCC2SCC3CC(=O)NC32)c2ccccc21. The van der Waals surface area contributed by atoms with Crippen molar-refractivity contribution < 1.29 is 37.9 Å². The number of benzene rings is 2. The number of nitrogens with zero attached hydrogens (tertiary/aromatic N) is 2. The monoisotopic (exact) mass is 773 g/mol. The topological polar surface area (TPSA) is 119 Å². The van der Waals surface area contributed by atoms with Gasteiger partial charge in [0.05, 0.1) is 51.6 Å². The maximum atomic E-state index is 13.0. The van der Waals surface area contributed by atoms with Gasteiger partial charge < -0.3 is 34.5 Å². The van der Waals surface area contributed by atoms with E-state index in [-0.39, 0.29) is 18.4 Å². The van der Waals surface area contributed by atoms with Crippen LogP contribution in [0.25, 0.3) is 17.0 Å². The van der Waals surface area contributed by atoms with Crippen LogP contribution in [-0.4, -0.2) is 101 Å². The summed E-state index contributed by atoms with van der Waals surface area (Å²) in [6.45, 7) is 4.42. The van der Waals surface area contributed by atoms with Crippen molar-refractivity contribution in [2.75, 3.05) is 76.6 Å². The predicted molar refractivity (Wildman–Crippen MR) is 216 cm³/mol. The summed E-state index contributed by atoms with van der Waals surface area (Å²) in [4.78, 5) is 39.0. The van der Waals surface area contributed by atoms with Crippen LogP contribution in [0.4, 0.5) is 5.69 Å². The number of pyridine rings is 1. The van der Waals surface area contributed by atoms with Crippen LogP contribution in [0.1, 0.15) is 56.1 Å². The zero-order chi connectivity index (χ0) is 38.2. The molecule has 2 amide bonds. The van der Waals surface area contributed by atoms with Gasteiger partial charge in [0.25, 0.3) is 0 Å². The molecule has 2 saturated heterocycles. The van der Waals surface area contributed by atoms with E-state index in [4.69, 9.17) is 18.9 Å². The normalized spacial score (nSPS) is 19.6. The van der Waals surface area contributed by atoms with Gasteiger partial charge in [0, 0.05) is 73.6 Å². The Bertz CT molecular complexity index is 1770. The molecule has 296 valence electrons. The molecule has 1 aromatic heterocycles. The first-order chi connectivity index (χ1) is 27.0. The standard InChI is InChI=1S/C43H56N4O7S/c1-46-18-16-32(37-12-4-6-14-39(37)46)27-35-28-33-9-2-5-13-38(33)47(35)30-42(50)44-17-20-52-22-24-54-26-25-53-23-21-51-19-8-11-36(48)10-3-7-15-40-43-34(31-55-40)29-41(49)45-43/h2,4-6,9,12-14,16,18,27,34,40,43H,3,7-8,10-11,15,17,19-26,28-31H2,1H3,(H-,44,45,49,50)/p+1. The van der Waals surface area contributed by atoms with Gasteiger partial charge in [0.15, 0.2) is 6.20 Å². The fraction of sp³-hybridized carbons (Fsp3) is 0.535. The minimum absolute atomic E-state index is 0.0535. The van der Waals surface area contributed by atoms with E-state index in [2.05, 4.69) is 81.9 Å². The molecule has 4 heterocycles. The van der Waals surface area contributed by atoms with E-state index >= 15 is 0 Å². The van der Waals surface area contributed by atoms with E-state index in [0.29, 0.717) is 102 Å². The van der Waals surface area contributed by atoms with Crippen molar-refractivity contribution in [2.24, 2.45) is 13.0 Å². The Morgan fingerprint density at radius 3 is 2.42 bits per heavy atom. The number of aromatic nitrogens is 1. The van der Waals surface area contributed by atoms with Crippen LogP contribution in [0.2, 0.25) is 0 Å². The number of hydrogen-bond donors (Lipinski definition) is 2. The first-order valence-corrected chi connectivity index (χ1v) is 20.9. The van der Waals surface area contributed by atoms with Crippen molar-refractivity contribution in [2.45, 2.75) is 62.7 Å². The summed E-state index contributed by atoms with van der Waals surface area (Å²) in [6.07, 6.45) is 10.7. The van der Waals surface area contributed by atoms with Crippen molar-refractivity contribution in [1.29, 1.82) is 0 Å². The van der Waals surface area contributed by atoms with Crippen LogP contribution < -0.4 is 20.1 Å². The summed E-state index contributed by atoms with van der Waals surface area (Å²) < 4.78 is 24.6. The highest BCUT2D eigenvalue weighted by Crippen LogP contribution is 2.39. The second-order valence-electron chi connectivity index (χ2n) is 14.5. The molecular formula is C43H57N4O7S+. The van der Waals surface area contributed by atoms with Gasteiger partial charge in [0.2, 0.25) is 17.3 Å². The van der Waals surface area contributed by atoms with Crippen LogP contribution in [0.5, 0.6) is 0 Å². The van der Waals surface area contributed by atoms with Crippen LogP contribution in [0, 0.1) is 5.92 Å². The predicted octanol–water partition coefficient (Wildman–Crippen LogP) is 4.78. The third-order valence-corrected chi connectivity index (χ3v) is 12.1. The number of unbranched alkanes of at least 4 members (excludes halogenated alkanes) is 1. The lowest BCUT2D eigenvalue weighted by atomic mass is 9.97. The Morgan fingerprint density at radius 1 is 0.891 bits per heavy atom. The summed E-state index contributed by atoms with van der Waals surface area (Å²) in [7, 11) is 2.05. The molecule has 55 heavy (non-hydrogen) atoms. The smallest absolute Gasteiger partial charge is 0.240 e. The van der Waals surface area contributed by atoms with Crippen molar-refractivity contribution in [3.05, 3.63) is 77.6 Å². The average Bonchev–Trinajstić information content (AvgIpc) is 3.86. The van der Waals surface area contributed by atoms with Crippen LogP contribution in [0.3, 0.4) is 0 Å². The molecule has 0 saturated carbocycles. The van der Waals surface area contributed by atoms with E-state index in [0.717, 1.165) is 60.3 Å². The lowest BCUT2D eigenvalue weighted by molar-refractivity contribution is -0.644. The van der Waals surface area contributed by atoms with Crippen LogP contribution in [-0.2, 0) is 46.8 Å². The number of carbonyl (C=O) groups excluding carboxylic acids is 3. The Hall–Kier alpha value is -3.81. The maximum absolute atomic E-state index is 13.0. The second kappa shape index (κ2) is 21.5. The fourth-order valence-corrected chi connectivity index (χ4v) is 9.32. The number of carbonyl (C=O) groups is 3. The summed E-state index contributed by atoms with van der Waals surface area (Å²) >= 11 is 1.98. The zero-order valence-corrected chi connectivity index (χ0v) is 33.0. The molecule has 3 aliphatic heterocycles. The number of nitrogens with one attached hydrogen (secondary N) is 2. The first-order valence-electron chi connectivity index (χ1n) is 19.9. The number of anilines is 1. The highest BCUT2D eigenvalue weighted by Gasteiger charge is 2.42. The van der Waals surface area contributed by atoms with E-state index in [1.165, 1.54) is 10.9 Å². The number of ether oxygens (including phenoxy) is 4.